The normalized spacial score (nSPS) is 14.4. The number of likely N-dealkylation sites (N-methyl/N-ethyl adjacent to an activating group) is 1. The quantitative estimate of drug-likeness (QED) is 0.652. The van der Waals surface area contributed by atoms with Gasteiger partial charge in [-0.2, -0.15) is 5.10 Å². The molecular weight excluding hydrogens is 402 g/mol. The van der Waals surface area contributed by atoms with Crippen molar-refractivity contribution in [2.75, 3.05) is 39.3 Å². The highest BCUT2D eigenvalue weighted by Gasteiger charge is 2.27. The highest BCUT2D eigenvalue weighted by molar-refractivity contribution is 6.00. The molecular formula is C25H29N5O2. The van der Waals surface area contributed by atoms with Gasteiger partial charge >= 0.3 is 0 Å². The Bertz CT molecular complexity index is 1070. The average Bonchev–Trinajstić information content (AvgIpc) is 3.26. The van der Waals surface area contributed by atoms with Crippen molar-refractivity contribution in [3.63, 3.8) is 0 Å². The molecule has 0 unspecified atom stereocenters. The number of aromatic nitrogens is 2. The van der Waals surface area contributed by atoms with Crippen LogP contribution in [0.5, 0.6) is 0 Å². The number of carbonyl (C=O) groups is 2. The van der Waals surface area contributed by atoms with Gasteiger partial charge in [-0.3, -0.25) is 14.5 Å². The van der Waals surface area contributed by atoms with Gasteiger partial charge in [0.25, 0.3) is 5.91 Å². The van der Waals surface area contributed by atoms with Crippen molar-refractivity contribution in [2.45, 2.75) is 13.8 Å². The SMILES string of the molecule is CCNC(=O)CN1CCN(C(=O)c2cn(-c3ccc(C)cc3)nc2-c2ccccc2)CC1. The summed E-state index contributed by atoms with van der Waals surface area (Å²) < 4.78 is 1.78. The number of nitrogens with zero attached hydrogens (tertiary/aromatic N) is 4. The molecule has 0 saturated carbocycles. The number of hydrogen-bond acceptors (Lipinski definition) is 4. The standard InChI is InChI=1S/C25H29N5O2/c1-3-26-23(31)18-28-13-15-29(16-14-28)25(32)22-17-30(21-11-9-19(2)10-12-21)27-24(22)20-7-5-4-6-8-20/h4-12,17H,3,13-16,18H2,1-2H3,(H,26,31). The largest absolute Gasteiger partial charge is 0.355 e. The lowest BCUT2D eigenvalue weighted by Gasteiger charge is -2.34. The predicted octanol–water partition coefficient (Wildman–Crippen LogP) is 2.74. The topological polar surface area (TPSA) is 70.5 Å². The van der Waals surface area contributed by atoms with Crippen molar-refractivity contribution in [2.24, 2.45) is 0 Å². The second-order valence-corrected chi connectivity index (χ2v) is 8.06. The summed E-state index contributed by atoms with van der Waals surface area (Å²) in [5.74, 6) is -0.00195. The zero-order valence-corrected chi connectivity index (χ0v) is 18.6. The van der Waals surface area contributed by atoms with Gasteiger partial charge in [-0.1, -0.05) is 48.0 Å². The Morgan fingerprint density at radius 3 is 2.31 bits per heavy atom. The Kier molecular flexibility index (Phi) is 6.66. The van der Waals surface area contributed by atoms with E-state index >= 15 is 0 Å². The molecule has 7 heteroatoms. The van der Waals surface area contributed by atoms with Crippen LogP contribution in [-0.4, -0.2) is 70.7 Å². The third kappa shape index (κ3) is 4.89. The van der Waals surface area contributed by atoms with E-state index in [4.69, 9.17) is 5.10 Å². The van der Waals surface area contributed by atoms with Crippen LogP contribution in [0.25, 0.3) is 16.9 Å². The summed E-state index contributed by atoms with van der Waals surface area (Å²) >= 11 is 0. The lowest BCUT2D eigenvalue weighted by atomic mass is 10.1. The molecule has 2 aromatic carbocycles. The van der Waals surface area contributed by atoms with Crippen LogP contribution >= 0.6 is 0 Å². The molecule has 0 spiro atoms. The van der Waals surface area contributed by atoms with E-state index < -0.39 is 0 Å². The number of carbonyl (C=O) groups excluding carboxylic acids is 2. The van der Waals surface area contributed by atoms with Crippen LogP contribution < -0.4 is 5.32 Å². The van der Waals surface area contributed by atoms with E-state index in [0.29, 0.717) is 50.5 Å². The molecule has 4 rings (SSSR count). The minimum absolute atomic E-state index is 0.0259. The summed E-state index contributed by atoms with van der Waals surface area (Å²) in [6.45, 7) is 7.48. The molecule has 7 nitrogen and oxygen atoms in total. The number of aryl methyl sites for hydroxylation is 1. The third-order valence-corrected chi connectivity index (χ3v) is 5.69. The summed E-state index contributed by atoms with van der Waals surface area (Å²) in [6, 6.07) is 17.9. The number of hydrogen-bond donors (Lipinski definition) is 1. The first-order valence-corrected chi connectivity index (χ1v) is 11.1. The number of amides is 2. The van der Waals surface area contributed by atoms with Gasteiger partial charge in [0.1, 0.15) is 5.69 Å². The van der Waals surface area contributed by atoms with Gasteiger partial charge in [-0.15, -0.1) is 0 Å². The van der Waals surface area contributed by atoms with Gasteiger partial charge in [0.05, 0.1) is 17.8 Å². The third-order valence-electron chi connectivity index (χ3n) is 5.69. The molecule has 2 heterocycles. The van der Waals surface area contributed by atoms with Gasteiger partial charge in [0.15, 0.2) is 0 Å². The number of benzene rings is 2. The predicted molar refractivity (Wildman–Crippen MR) is 125 cm³/mol. The molecule has 32 heavy (non-hydrogen) atoms. The maximum Gasteiger partial charge on any atom is 0.257 e. The Hall–Kier alpha value is -3.45. The van der Waals surface area contributed by atoms with Crippen LogP contribution in [0.2, 0.25) is 0 Å². The first kappa shape index (κ1) is 21.8. The fourth-order valence-electron chi connectivity index (χ4n) is 3.91. The van der Waals surface area contributed by atoms with E-state index in [1.54, 1.807) is 4.68 Å². The minimum Gasteiger partial charge on any atom is -0.355 e. The van der Waals surface area contributed by atoms with Crippen molar-refractivity contribution >= 4 is 11.8 Å². The molecule has 0 atom stereocenters. The van der Waals surface area contributed by atoms with Crippen LogP contribution in [0, 0.1) is 6.92 Å². The molecule has 2 amide bonds. The van der Waals surface area contributed by atoms with Gasteiger partial charge in [0, 0.05) is 44.5 Å². The number of nitrogens with one attached hydrogen (secondary N) is 1. The van der Waals surface area contributed by atoms with Crippen LogP contribution in [-0.2, 0) is 4.79 Å². The molecule has 0 aliphatic carbocycles. The maximum atomic E-state index is 13.5. The molecule has 0 bridgehead atoms. The Morgan fingerprint density at radius 2 is 1.66 bits per heavy atom. The van der Waals surface area contributed by atoms with E-state index in [2.05, 4.69) is 10.2 Å². The number of piperazine rings is 1. The van der Waals surface area contributed by atoms with E-state index in [1.165, 1.54) is 5.56 Å². The second-order valence-electron chi connectivity index (χ2n) is 8.06. The van der Waals surface area contributed by atoms with Gasteiger partial charge in [-0.25, -0.2) is 4.68 Å². The smallest absolute Gasteiger partial charge is 0.257 e. The Labute approximate surface area is 188 Å². The average molecular weight is 432 g/mol. The van der Waals surface area contributed by atoms with Crippen molar-refractivity contribution in [3.05, 3.63) is 71.9 Å². The highest BCUT2D eigenvalue weighted by Crippen LogP contribution is 2.25. The molecule has 1 aliphatic rings. The molecule has 3 aromatic rings. The number of rotatable bonds is 6. The summed E-state index contributed by atoms with van der Waals surface area (Å²) in [4.78, 5) is 29.3. The lowest BCUT2D eigenvalue weighted by molar-refractivity contribution is -0.122. The minimum atomic E-state index is -0.0279. The van der Waals surface area contributed by atoms with E-state index in [0.717, 1.165) is 11.3 Å². The zero-order chi connectivity index (χ0) is 22.5. The molecule has 1 N–H and O–H groups in total. The first-order chi connectivity index (χ1) is 15.5. The monoisotopic (exact) mass is 431 g/mol. The van der Waals surface area contributed by atoms with E-state index in [-0.39, 0.29) is 11.8 Å². The summed E-state index contributed by atoms with van der Waals surface area (Å²) in [7, 11) is 0. The van der Waals surface area contributed by atoms with Crippen molar-refractivity contribution in [1.29, 1.82) is 0 Å². The van der Waals surface area contributed by atoms with Gasteiger partial charge < -0.3 is 10.2 Å². The van der Waals surface area contributed by atoms with Crippen LogP contribution in [0.4, 0.5) is 0 Å². The molecule has 166 valence electrons. The molecule has 1 fully saturated rings. The van der Waals surface area contributed by atoms with E-state index in [9.17, 15) is 9.59 Å². The molecule has 1 aromatic heterocycles. The van der Waals surface area contributed by atoms with Gasteiger partial charge in [-0.05, 0) is 26.0 Å². The maximum absolute atomic E-state index is 13.5. The van der Waals surface area contributed by atoms with Crippen molar-refractivity contribution < 1.29 is 9.59 Å². The summed E-state index contributed by atoms with van der Waals surface area (Å²) in [5.41, 5.74) is 4.27. The van der Waals surface area contributed by atoms with Crippen LogP contribution in [0.1, 0.15) is 22.8 Å². The van der Waals surface area contributed by atoms with Crippen LogP contribution in [0.3, 0.4) is 0 Å². The van der Waals surface area contributed by atoms with Crippen LogP contribution in [0.15, 0.2) is 60.8 Å². The van der Waals surface area contributed by atoms with E-state index in [1.807, 2.05) is 79.5 Å². The molecule has 1 saturated heterocycles. The summed E-state index contributed by atoms with van der Waals surface area (Å²) in [6.07, 6.45) is 1.83. The Balaban J connectivity index is 1.56. The fraction of sp³-hybridized carbons (Fsp3) is 0.320. The lowest BCUT2D eigenvalue weighted by Crippen LogP contribution is -2.51. The highest BCUT2D eigenvalue weighted by atomic mass is 16.2. The van der Waals surface area contributed by atoms with Gasteiger partial charge in [0.2, 0.25) is 5.91 Å². The molecule has 0 radical (unpaired) electrons. The van der Waals surface area contributed by atoms with Crippen molar-refractivity contribution in [3.8, 4) is 16.9 Å². The fourth-order valence-corrected chi connectivity index (χ4v) is 3.91. The molecule has 1 aliphatic heterocycles. The van der Waals surface area contributed by atoms with Crippen molar-refractivity contribution in [1.82, 2.24) is 24.9 Å². The Morgan fingerprint density at radius 1 is 0.969 bits per heavy atom. The second kappa shape index (κ2) is 9.78. The zero-order valence-electron chi connectivity index (χ0n) is 18.6. The first-order valence-electron chi connectivity index (χ1n) is 11.1. The summed E-state index contributed by atoms with van der Waals surface area (Å²) in [5, 5.41) is 7.60.